The Hall–Kier alpha value is -2.94. The molecule has 0 bridgehead atoms. The lowest BCUT2D eigenvalue weighted by Crippen LogP contribution is -2.06. The number of phenols is 1. The number of ether oxygens (including phenoxy) is 2. The third-order valence-corrected chi connectivity index (χ3v) is 3.93. The molecular weight excluding hydrogens is 312 g/mol. The normalized spacial score (nSPS) is 10.4. The molecule has 3 rings (SSSR count). The van der Waals surface area contributed by atoms with E-state index in [0.29, 0.717) is 24.7 Å². The quantitative estimate of drug-likeness (QED) is 0.652. The number of aromatic hydroxyl groups is 1. The number of para-hydroxylation sites is 1. The van der Waals surface area contributed by atoms with Crippen molar-refractivity contribution in [2.24, 2.45) is 0 Å². The monoisotopic (exact) mass is 334 g/mol. The van der Waals surface area contributed by atoms with Crippen molar-refractivity contribution in [1.29, 1.82) is 0 Å². The van der Waals surface area contributed by atoms with Crippen LogP contribution in [-0.2, 0) is 12.8 Å². The molecule has 0 saturated carbocycles. The highest BCUT2D eigenvalue weighted by molar-refractivity contribution is 5.50. The topological polar surface area (TPSA) is 38.7 Å². The molecule has 3 aromatic carbocycles. The fourth-order valence-corrected chi connectivity index (χ4v) is 2.60. The van der Waals surface area contributed by atoms with E-state index in [9.17, 15) is 5.11 Å². The van der Waals surface area contributed by atoms with Crippen molar-refractivity contribution in [3.05, 3.63) is 90.0 Å². The van der Waals surface area contributed by atoms with Gasteiger partial charge < -0.3 is 14.6 Å². The summed E-state index contributed by atoms with van der Waals surface area (Å²) >= 11 is 0. The van der Waals surface area contributed by atoms with Crippen molar-refractivity contribution in [2.75, 3.05) is 13.2 Å². The van der Waals surface area contributed by atoms with E-state index in [1.165, 1.54) is 11.1 Å². The van der Waals surface area contributed by atoms with E-state index in [-0.39, 0.29) is 5.75 Å². The van der Waals surface area contributed by atoms with Crippen molar-refractivity contribution in [1.82, 2.24) is 0 Å². The van der Waals surface area contributed by atoms with Gasteiger partial charge in [-0.25, -0.2) is 0 Å². The van der Waals surface area contributed by atoms with Gasteiger partial charge in [-0.15, -0.1) is 0 Å². The summed E-state index contributed by atoms with van der Waals surface area (Å²) in [7, 11) is 0. The molecule has 0 amide bonds. The molecule has 0 heterocycles. The van der Waals surface area contributed by atoms with Gasteiger partial charge in [-0.2, -0.15) is 0 Å². The fourth-order valence-electron chi connectivity index (χ4n) is 2.60. The fraction of sp³-hybridized carbons (Fsp3) is 0.182. The highest BCUT2D eigenvalue weighted by Crippen LogP contribution is 2.36. The molecule has 0 aliphatic carbocycles. The zero-order chi connectivity index (χ0) is 17.3. The average Bonchev–Trinajstić information content (AvgIpc) is 2.65. The minimum atomic E-state index is 0.102. The van der Waals surface area contributed by atoms with Crippen LogP contribution in [0.25, 0.3) is 0 Å². The van der Waals surface area contributed by atoms with E-state index < -0.39 is 0 Å². The maximum absolute atomic E-state index is 10.1. The smallest absolute Gasteiger partial charge is 0.203 e. The molecule has 0 saturated heterocycles. The predicted molar refractivity (Wildman–Crippen MR) is 99.4 cm³/mol. The van der Waals surface area contributed by atoms with E-state index >= 15 is 0 Å². The SMILES string of the molecule is Oc1cccc(OCCc2ccccc2)c1OCCc1ccccc1. The van der Waals surface area contributed by atoms with Gasteiger partial charge in [-0.1, -0.05) is 66.7 Å². The highest BCUT2D eigenvalue weighted by Gasteiger charge is 2.10. The maximum Gasteiger partial charge on any atom is 0.203 e. The molecule has 0 aliphatic rings. The maximum atomic E-state index is 10.1. The molecule has 0 spiro atoms. The summed E-state index contributed by atoms with van der Waals surface area (Å²) in [6.45, 7) is 1.01. The van der Waals surface area contributed by atoms with Crippen LogP contribution in [0, 0.1) is 0 Å². The number of hydrogen-bond acceptors (Lipinski definition) is 3. The second-order valence-corrected chi connectivity index (χ2v) is 5.77. The van der Waals surface area contributed by atoms with E-state index in [0.717, 1.165) is 12.8 Å². The minimum absolute atomic E-state index is 0.102. The highest BCUT2D eigenvalue weighted by atomic mass is 16.5. The Labute approximate surface area is 148 Å². The Morgan fingerprint density at radius 3 is 1.76 bits per heavy atom. The Morgan fingerprint density at radius 1 is 0.600 bits per heavy atom. The van der Waals surface area contributed by atoms with E-state index in [1.54, 1.807) is 12.1 Å². The molecular formula is C22H22O3. The van der Waals surface area contributed by atoms with Crippen LogP contribution in [-0.4, -0.2) is 18.3 Å². The van der Waals surface area contributed by atoms with Crippen LogP contribution >= 0.6 is 0 Å². The third-order valence-electron chi connectivity index (χ3n) is 3.93. The summed E-state index contributed by atoms with van der Waals surface area (Å²) in [4.78, 5) is 0. The zero-order valence-corrected chi connectivity index (χ0v) is 14.1. The second-order valence-electron chi connectivity index (χ2n) is 5.77. The third kappa shape index (κ3) is 5.01. The van der Waals surface area contributed by atoms with Gasteiger partial charge in [0.05, 0.1) is 13.2 Å². The largest absolute Gasteiger partial charge is 0.504 e. The van der Waals surface area contributed by atoms with Gasteiger partial charge in [0.1, 0.15) is 0 Å². The summed E-state index contributed by atoms with van der Waals surface area (Å²) in [6, 6.07) is 25.5. The van der Waals surface area contributed by atoms with Crippen molar-refractivity contribution in [3.8, 4) is 17.2 Å². The van der Waals surface area contributed by atoms with Crippen molar-refractivity contribution >= 4 is 0 Å². The first-order chi connectivity index (χ1) is 12.3. The van der Waals surface area contributed by atoms with Crippen LogP contribution in [0.1, 0.15) is 11.1 Å². The van der Waals surface area contributed by atoms with Gasteiger partial charge in [0.2, 0.25) is 5.75 Å². The molecule has 0 unspecified atom stereocenters. The lowest BCUT2D eigenvalue weighted by atomic mass is 10.2. The molecule has 0 fully saturated rings. The van der Waals surface area contributed by atoms with Crippen LogP contribution in [0.4, 0.5) is 0 Å². The molecule has 3 aromatic rings. The number of benzene rings is 3. The zero-order valence-electron chi connectivity index (χ0n) is 14.1. The Morgan fingerprint density at radius 2 is 1.16 bits per heavy atom. The van der Waals surface area contributed by atoms with Crippen molar-refractivity contribution in [3.63, 3.8) is 0 Å². The van der Waals surface area contributed by atoms with Gasteiger partial charge >= 0.3 is 0 Å². The first kappa shape index (κ1) is 16.9. The minimum Gasteiger partial charge on any atom is -0.504 e. The van der Waals surface area contributed by atoms with Crippen LogP contribution in [0.3, 0.4) is 0 Å². The Balaban J connectivity index is 1.57. The number of rotatable bonds is 8. The molecule has 0 radical (unpaired) electrons. The molecule has 1 N–H and O–H groups in total. The molecule has 3 nitrogen and oxygen atoms in total. The predicted octanol–water partition coefficient (Wildman–Crippen LogP) is 4.64. The summed E-state index contributed by atoms with van der Waals surface area (Å²) < 4.78 is 11.6. The molecule has 0 aromatic heterocycles. The molecule has 3 heteroatoms. The lowest BCUT2D eigenvalue weighted by molar-refractivity contribution is 0.261. The van der Waals surface area contributed by atoms with E-state index in [2.05, 4.69) is 24.3 Å². The van der Waals surface area contributed by atoms with Crippen LogP contribution < -0.4 is 9.47 Å². The average molecular weight is 334 g/mol. The molecule has 0 aliphatic heterocycles. The van der Waals surface area contributed by atoms with Crippen LogP contribution in [0.2, 0.25) is 0 Å². The summed E-state index contributed by atoms with van der Waals surface area (Å²) in [5.41, 5.74) is 2.42. The number of hydrogen-bond donors (Lipinski definition) is 1. The Kier molecular flexibility index (Phi) is 5.94. The molecule has 25 heavy (non-hydrogen) atoms. The van der Waals surface area contributed by atoms with E-state index in [1.807, 2.05) is 42.5 Å². The standard InChI is InChI=1S/C22H22O3/c23-20-12-7-13-21(24-16-14-18-8-3-1-4-9-18)22(20)25-17-15-19-10-5-2-6-11-19/h1-13,23H,14-17H2. The summed E-state index contributed by atoms with van der Waals surface area (Å²) in [5.74, 6) is 1.08. The van der Waals surface area contributed by atoms with Gasteiger partial charge in [0.15, 0.2) is 11.5 Å². The van der Waals surface area contributed by atoms with Gasteiger partial charge in [0, 0.05) is 12.8 Å². The van der Waals surface area contributed by atoms with Crippen molar-refractivity contribution < 1.29 is 14.6 Å². The van der Waals surface area contributed by atoms with Crippen molar-refractivity contribution in [2.45, 2.75) is 12.8 Å². The van der Waals surface area contributed by atoms with E-state index in [4.69, 9.17) is 9.47 Å². The van der Waals surface area contributed by atoms with Gasteiger partial charge in [-0.05, 0) is 23.3 Å². The number of phenolic OH excluding ortho intramolecular Hbond substituents is 1. The first-order valence-electron chi connectivity index (χ1n) is 8.48. The first-order valence-corrected chi connectivity index (χ1v) is 8.48. The molecule has 0 atom stereocenters. The van der Waals surface area contributed by atoms with Gasteiger partial charge in [0.25, 0.3) is 0 Å². The summed E-state index contributed by atoms with van der Waals surface area (Å²) in [5, 5.41) is 10.1. The molecule has 128 valence electrons. The second kappa shape index (κ2) is 8.78. The summed E-state index contributed by atoms with van der Waals surface area (Å²) in [6.07, 6.45) is 1.58. The lowest BCUT2D eigenvalue weighted by Gasteiger charge is -2.14. The van der Waals surface area contributed by atoms with Crippen LogP contribution in [0.15, 0.2) is 78.9 Å². The van der Waals surface area contributed by atoms with Crippen LogP contribution in [0.5, 0.6) is 17.2 Å². The Bertz CT molecular complexity index is 770. The van der Waals surface area contributed by atoms with Gasteiger partial charge in [-0.3, -0.25) is 0 Å².